The standard InChI is InChI=1S/C17H22N4O/c1-14-7-11-20(12-8-14)16-5-3-15(4-6-16)19-17(22)13-21-10-2-9-18-21/h2-6,9-10,14H,7-8,11-13H2,1H3,(H,19,22). The minimum Gasteiger partial charge on any atom is -0.372 e. The summed E-state index contributed by atoms with van der Waals surface area (Å²) in [6.07, 6.45) is 5.95. The third kappa shape index (κ3) is 3.67. The summed E-state index contributed by atoms with van der Waals surface area (Å²) in [7, 11) is 0. The lowest BCUT2D eigenvalue weighted by molar-refractivity contribution is -0.116. The molecule has 0 spiro atoms. The summed E-state index contributed by atoms with van der Waals surface area (Å²) in [6, 6.07) is 9.91. The van der Waals surface area contributed by atoms with Gasteiger partial charge in [0.2, 0.25) is 5.91 Å². The van der Waals surface area contributed by atoms with Crippen molar-refractivity contribution in [3.63, 3.8) is 0 Å². The fourth-order valence-corrected chi connectivity index (χ4v) is 2.76. The molecule has 1 saturated heterocycles. The van der Waals surface area contributed by atoms with Crippen molar-refractivity contribution < 1.29 is 4.79 Å². The van der Waals surface area contributed by atoms with Gasteiger partial charge in [-0.3, -0.25) is 9.48 Å². The molecule has 0 radical (unpaired) electrons. The van der Waals surface area contributed by atoms with Gasteiger partial charge in [-0.15, -0.1) is 0 Å². The molecule has 3 rings (SSSR count). The number of carbonyl (C=O) groups is 1. The molecule has 1 aromatic heterocycles. The van der Waals surface area contributed by atoms with Gasteiger partial charge < -0.3 is 10.2 Å². The predicted molar refractivity (Wildman–Crippen MR) is 87.9 cm³/mol. The molecule has 0 saturated carbocycles. The summed E-state index contributed by atoms with van der Waals surface area (Å²) in [5, 5.41) is 6.93. The van der Waals surface area contributed by atoms with Gasteiger partial charge in [0.25, 0.3) is 0 Å². The van der Waals surface area contributed by atoms with Crippen LogP contribution in [0, 0.1) is 5.92 Å². The summed E-state index contributed by atoms with van der Waals surface area (Å²) in [5.41, 5.74) is 2.06. The number of aromatic nitrogens is 2. The van der Waals surface area contributed by atoms with Crippen LogP contribution in [0.2, 0.25) is 0 Å². The first-order valence-electron chi connectivity index (χ1n) is 7.83. The maximum Gasteiger partial charge on any atom is 0.246 e. The van der Waals surface area contributed by atoms with Crippen molar-refractivity contribution >= 4 is 17.3 Å². The summed E-state index contributed by atoms with van der Waals surface area (Å²) >= 11 is 0. The van der Waals surface area contributed by atoms with E-state index in [1.54, 1.807) is 17.1 Å². The molecule has 0 aliphatic carbocycles. The molecule has 22 heavy (non-hydrogen) atoms. The molecule has 1 fully saturated rings. The smallest absolute Gasteiger partial charge is 0.246 e. The second-order valence-corrected chi connectivity index (χ2v) is 5.97. The lowest BCUT2D eigenvalue weighted by atomic mass is 9.99. The summed E-state index contributed by atoms with van der Waals surface area (Å²) < 4.78 is 1.61. The van der Waals surface area contributed by atoms with Gasteiger partial charge in [0, 0.05) is 36.9 Å². The Morgan fingerprint density at radius 3 is 2.64 bits per heavy atom. The second kappa shape index (κ2) is 6.64. The number of nitrogens with zero attached hydrogens (tertiary/aromatic N) is 3. The second-order valence-electron chi connectivity index (χ2n) is 5.97. The number of rotatable bonds is 4. The molecule has 1 aromatic carbocycles. The van der Waals surface area contributed by atoms with Crippen LogP contribution in [0.15, 0.2) is 42.7 Å². The highest BCUT2D eigenvalue weighted by atomic mass is 16.2. The zero-order chi connectivity index (χ0) is 15.4. The van der Waals surface area contributed by atoms with Crippen molar-refractivity contribution in [1.29, 1.82) is 0 Å². The van der Waals surface area contributed by atoms with Crippen LogP contribution in [0.5, 0.6) is 0 Å². The van der Waals surface area contributed by atoms with E-state index in [-0.39, 0.29) is 12.5 Å². The molecule has 1 aliphatic heterocycles. The van der Waals surface area contributed by atoms with Crippen LogP contribution in [-0.2, 0) is 11.3 Å². The van der Waals surface area contributed by atoms with Gasteiger partial charge in [-0.2, -0.15) is 5.10 Å². The first-order chi connectivity index (χ1) is 10.7. The average molecular weight is 298 g/mol. The van der Waals surface area contributed by atoms with Gasteiger partial charge in [-0.05, 0) is 49.1 Å². The molecule has 5 heteroatoms. The highest BCUT2D eigenvalue weighted by molar-refractivity contribution is 5.90. The van der Waals surface area contributed by atoms with Crippen LogP contribution in [0.4, 0.5) is 11.4 Å². The fraction of sp³-hybridized carbons (Fsp3) is 0.412. The first-order valence-corrected chi connectivity index (χ1v) is 7.83. The summed E-state index contributed by atoms with van der Waals surface area (Å²) in [4.78, 5) is 14.3. The number of nitrogens with one attached hydrogen (secondary N) is 1. The Morgan fingerprint density at radius 1 is 1.27 bits per heavy atom. The van der Waals surface area contributed by atoms with Crippen LogP contribution in [-0.4, -0.2) is 28.8 Å². The Kier molecular flexibility index (Phi) is 4.42. The van der Waals surface area contributed by atoms with Crippen LogP contribution in [0.25, 0.3) is 0 Å². The van der Waals surface area contributed by atoms with Crippen LogP contribution in [0.3, 0.4) is 0 Å². The van der Waals surface area contributed by atoms with Crippen LogP contribution in [0.1, 0.15) is 19.8 Å². The van der Waals surface area contributed by atoms with E-state index >= 15 is 0 Å². The number of piperidine rings is 1. The van der Waals surface area contributed by atoms with E-state index in [1.807, 2.05) is 18.2 Å². The Labute approximate surface area is 130 Å². The molecule has 116 valence electrons. The predicted octanol–water partition coefficient (Wildman–Crippen LogP) is 2.76. The number of amides is 1. The number of anilines is 2. The van der Waals surface area contributed by atoms with Crippen LogP contribution < -0.4 is 10.2 Å². The van der Waals surface area contributed by atoms with Gasteiger partial charge in [-0.25, -0.2) is 0 Å². The third-order valence-corrected chi connectivity index (χ3v) is 4.16. The Bertz CT molecular complexity index is 598. The molecule has 1 amide bonds. The Morgan fingerprint density at radius 2 is 2.00 bits per heavy atom. The quantitative estimate of drug-likeness (QED) is 0.944. The molecular formula is C17H22N4O. The molecular weight excluding hydrogens is 276 g/mol. The number of benzene rings is 1. The fourth-order valence-electron chi connectivity index (χ4n) is 2.76. The minimum absolute atomic E-state index is 0.0664. The maximum absolute atomic E-state index is 11.9. The molecule has 2 aromatic rings. The van der Waals surface area contributed by atoms with Crippen molar-refractivity contribution in [1.82, 2.24) is 9.78 Å². The van der Waals surface area contributed by atoms with Gasteiger partial charge >= 0.3 is 0 Å². The van der Waals surface area contributed by atoms with Gasteiger partial charge in [-0.1, -0.05) is 6.92 Å². The highest BCUT2D eigenvalue weighted by Gasteiger charge is 2.15. The normalized spacial score (nSPS) is 15.8. The number of hydrogen-bond donors (Lipinski definition) is 1. The lowest BCUT2D eigenvalue weighted by Crippen LogP contribution is -2.32. The average Bonchev–Trinajstić information content (AvgIpc) is 3.02. The van der Waals surface area contributed by atoms with E-state index in [1.165, 1.54) is 18.5 Å². The summed E-state index contributed by atoms with van der Waals surface area (Å²) in [5.74, 6) is 0.764. The molecule has 0 atom stereocenters. The SMILES string of the molecule is CC1CCN(c2ccc(NC(=O)Cn3cccn3)cc2)CC1. The molecule has 2 heterocycles. The Balaban J connectivity index is 1.56. The highest BCUT2D eigenvalue weighted by Crippen LogP contribution is 2.24. The molecule has 1 N–H and O–H groups in total. The Hall–Kier alpha value is -2.30. The van der Waals surface area contributed by atoms with Crippen molar-refractivity contribution in [3.05, 3.63) is 42.7 Å². The van der Waals surface area contributed by atoms with E-state index < -0.39 is 0 Å². The van der Waals surface area contributed by atoms with E-state index in [0.717, 1.165) is 24.7 Å². The number of carbonyl (C=O) groups excluding carboxylic acids is 1. The van der Waals surface area contributed by atoms with E-state index in [0.29, 0.717) is 0 Å². The molecule has 5 nitrogen and oxygen atoms in total. The molecule has 0 unspecified atom stereocenters. The van der Waals surface area contributed by atoms with E-state index in [9.17, 15) is 4.79 Å². The van der Waals surface area contributed by atoms with E-state index in [4.69, 9.17) is 0 Å². The lowest BCUT2D eigenvalue weighted by Gasteiger charge is -2.32. The summed E-state index contributed by atoms with van der Waals surface area (Å²) in [6.45, 7) is 4.78. The first kappa shape index (κ1) is 14.6. The van der Waals surface area contributed by atoms with Gasteiger partial charge in [0.15, 0.2) is 0 Å². The number of hydrogen-bond acceptors (Lipinski definition) is 3. The third-order valence-electron chi connectivity index (χ3n) is 4.16. The van der Waals surface area contributed by atoms with Crippen molar-refractivity contribution in [2.75, 3.05) is 23.3 Å². The maximum atomic E-state index is 11.9. The van der Waals surface area contributed by atoms with Gasteiger partial charge in [0.05, 0.1) is 0 Å². The monoisotopic (exact) mass is 298 g/mol. The van der Waals surface area contributed by atoms with Gasteiger partial charge in [0.1, 0.15) is 6.54 Å². The van der Waals surface area contributed by atoms with Crippen molar-refractivity contribution in [3.8, 4) is 0 Å². The van der Waals surface area contributed by atoms with Crippen molar-refractivity contribution in [2.45, 2.75) is 26.3 Å². The van der Waals surface area contributed by atoms with E-state index in [2.05, 4.69) is 34.4 Å². The van der Waals surface area contributed by atoms with Crippen molar-refractivity contribution in [2.24, 2.45) is 5.92 Å². The largest absolute Gasteiger partial charge is 0.372 e. The molecule has 1 aliphatic rings. The zero-order valence-electron chi connectivity index (χ0n) is 12.9. The minimum atomic E-state index is -0.0664. The zero-order valence-corrected chi connectivity index (χ0v) is 12.9. The molecule has 0 bridgehead atoms. The van der Waals surface area contributed by atoms with Crippen LogP contribution >= 0.6 is 0 Å². The topological polar surface area (TPSA) is 50.2 Å².